The quantitative estimate of drug-likeness (QED) is 0.307. The van der Waals surface area contributed by atoms with Crippen LogP contribution < -0.4 is 5.84 Å². The van der Waals surface area contributed by atoms with Gasteiger partial charge in [-0.1, -0.05) is 22.6 Å². The molecule has 0 aliphatic carbocycles. The molecule has 0 spiro atoms. The van der Waals surface area contributed by atoms with Crippen molar-refractivity contribution in [1.29, 1.82) is 0 Å². The minimum Gasteiger partial charge on any atom is -0.442 e. The van der Waals surface area contributed by atoms with Crippen molar-refractivity contribution >= 4 is 28.7 Å². The number of halogens is 1. The third kappa shape index (κ3) is 1.45. The van der Waals surface area contributed by atoms with Crippen molar-refractivity contribution in [3.8, 4) is 0 Å². The van der Waals surface area contributed by atoms with E-state index in [4.69, 9.17) is 10.6 Å². The maximum atomic E-state index is 10.5. The number of rotatable bonds is 1. The lowest BCUT2D eigenvalue weighted by Gasteiger charge is -2.00. The van der Waals surface area contributed by atoms with E-state index >= 15 is 0 Å². The van der Waals surface area contributed by atoms with Gasteiger partial charge in [0.2, 0.25) is 0 Å². The summed E-state index contributed by atoms with van der Waals surface area (Å²) in [5.74, 6) is 5.20. The van der Waals surface area contributed by atoms with Gasteiger partial charge in [-0.05, 0) is 0 Å². The van der Waals surface area contributed by atoms with Crippen LogP contribution >= 0.6 is 22.6 Å². The standard InChI is InChI=1S/C4H7IN2O2/c5-1-3-2-7(6)4(8)9-3/h3H,1-2,6H2. The number of ether oxygens (including phenoxy) is 1. The average Bonchev–Trinajstić information content (AvgIpc) is 2.13. The van der Waals surface area contributed by atoms with Crippen molar-refractivity contribution in [2.45, 2.75) is 6.10 Å². The maximum absolute atomic E-state index is 10.5. The highest BCUT2D eigenvalue weighted by Gasteiger charge is 2.27. The fourth-order valence-corrected chi connectivity index (χ4v) is 1.08. The molecular weight excluding hydrogens is 235 g/mol. The summed E-state index contributed by atoms with van der Waals surface area (Å²) < 4.78 is 5.58. The Morgan fingerprint density at radius 2 is 2.67 bits per heavy atom. The van der Waals surface area contributed by atoms with E-state index in [9.17, 15) is 4.79 Å². The second kappa shape index (κ2) is 2.70. The van der Waals surface area contributed by atoms with Crippen molar-refractivity contribution < 1.29 is 9.53 Å². The molecule has 1 fully saturated rings. The summed E-state index contributed by atoms with van der Waals surface area (Å²) in [4.78, 5) is 10.5. The van der Waals surface area contributed by atoms with Crippen LogP contribution in [0.1, 0.15) is 0 Å². The third-order valence-corrected chi connectivity index (χ3v) is 2.06. The van der Waals surface area contributed by atoms with Crippen LogP contribution in [0, 0.1) is 0 Å². The Morgan fingerprint density at radius 3 is 2.89 bits per heavy atom. The van der Waals surface area contributed by atoms with Gasteiger partial charge < -0.3 is 4.74 Å². The second-order valence-electron chi connectivity index (χ2n) is 1.81. The summed E-state index contributed by atoms with van der Waals surface area (Å²) in [7, 11) is 0. The Bertz CT molecular complexity index is 130. The molecule has 0 aromatic rings. The van der Waals surface area contributed by atoms with Gasteiger partial charge in [-0.3, -0.25) is 0 Å². The van der Waals surface area contributed by atoms with Gasteiger partial charge in [0, 0.05) is 4.43 Å². The van der Waals surface area contributed by atoms with Crippen LogP contribution in [0.3, 0.4) is 0 Å². The number of nitrogens with zero attached hydrogens (tertiary/aromatic N) is 1. The van der Waals surface area contributed by atoms with Gasteiger partial charge in [0.05, 0.1) is 6.54 Å². The Kier molecular flexibility index (Phi) is 2.12. The van der Waals surface area contributed by atoms with Gasteiger partial charge in [0.25, 0.3) is 0 Å². The monoisotopic (exact) mass is 242 g/mol. The Balaban J connectivity index is 2.44. The predicted octanol–water partition coefficient (Wildman–Crippen LogP) is 0.116. The van der Waals surface area contributed by atoms with Crippen LogP contribution in [0.4, 0.5) is 4.79 Å². The van der Waals surface area contributed by atoms with Gasteiger partial charge in [0.1, 0.15) is 6.10 Å². The van der Waals surface area contributed by atoms with Gasteiger partial charge in [-0.25, -0.2) is 15.6 Å². The first-order valence-corrected chi connectivity index (χ1v) is 4.05. The van der Waals surface area contributed by atoms with Crippen molar-refractivity contribution in [2.75, 3.05) is 11.0 Å². The highest BCUT2D eigenvalue weighted by atomic mass is 127. The van der Waals surface area contributed by atoms with Crippen molar-refractivity contribution in [3.63, 3.8) is 0 Å². The van der Waals surface area contributed by atoms with E-state index in [1.807, 2.05) is 0 Å². The van der Waals surface area contributed by atoms with Crippen LogP contribution in [-0.2, 0) is 4.74 Å². The van der Waals surface area contributed by atoms with Crippen molar-refractivity contribution in [3.05, 3.63) is 0 Å². The molecule has 4 nitrogen and oxygen atoms in total. The van der Waals surface area contributed by atoms with Crippen molar-refractivity contribution in [1.82, 2.24) is 5.01 Å². The van der Waals surface area contributed by atoms with E-state index in [1.165, 1.54) is 0 Å². The lowest BCUT2D eigenvalue weighted by Crippen LogP contribution is -2.32. The van der Waals surface area contributed by atoms with Gasteiger partial charge in [-0.2, -0.15) is 0 Å². The molecule has 1 aliphatic heterocycles. The molecule has 1 heterocycles. The van der Waals surface area contributed by atoms with Crippen LogP contribution in [-0.4, -0.2) is 28.2 Å². The van der Waals surface area contributed by atoms with Crippen LogP contribution in [0.15, 0.2) is 0 Å². The first-order chi connectivity index (χ1) is 4.24. The fraction of sp³-hybridized carbons (Fsp3) is 0.750. The van der Waals surface area contributed by atoms with E-state index in [-0.39, 0.29) is 6.10 Å². The van der Waals surface area contributed by atoms with Gasteiger partial charge in [0.15, 0.2) is 0 Å². The number of carbonyl (C=O) groups excluding carboxylic acids is 1. The summed E-state index contributed by atoms with van der Waals surface area (Å²) in [5.41, 5.74) is 0. The van der Waals surface area contributed by atoms with Crippen LogP contribution in [0.2, 0.25) is 0 Å². The number of hydrogen-bond acceptors (Lipinski definition) is 3. The zero-order chi connectivity index (χ0) is 6.85. The normalized spacial score (nSPS) is 26.7. The lowest BCUT2D eigenvalue weighted by molar-refractivity contribution is 0.140. The summed E-state index contributed by atoms with van der Waals surface area (Å²) in [6, 6.07) is 0. The molecule has 2 N–H and O–H groups in total. The molecular formula is C4H7IN2O2. The van der Waals surface area contributed by atoms with E-state index < -0.39 is 6.09 Å². The Morgan fingerprint density at radius 1 is 2.00 bits per heavy atom. The molecule has 52 valence electrons. The Labute approximate surface area is 66.4 Å². The number of carbonyl (C=O) groups is 1. The zero-order valence-corrected chi connectivity index (χ0v) is 6.87. The second-order valence-corrected chi connectivity index (χ2v) is 2.69. The average molecular weight is 242 g/mol. The molecule has 0 aromatic carbocycles. The Hall–Kier alpha value is -0.0400. The third-order valence-electron chi connectivity index (χ3n) is 1.07. The highest BCUT2D eigenvalue weighted by Crippen LogP contribution is 2.08. The highest BCUT2D eigenvalue weighted by molar-refractivity contribution is 14.1. The first kappa shape index (κ1) is 7.07. The van der Waals surface area contributed by atoms with Crippen LogP contribution in [0.5, 0.6) is 0 Å². The number of cyclic esters (lactones) is 1. The SMILES string of the molecule is NN1CC(CI)OC1=O. The summed E-state index contributed by atoms with van der Waals surface area (Å²) in [6.45, 7) is 0.516. The number of nitrogens with two attached hydrogens (primary N) is 1. The molecule has 1 amide bonds. The molecule has 0 bridgehead atoms. The largest absolute Gasteiger partial charge is 0.442 e. The fourth-order valence-electron chi connectivity index (χ4n) is 0.622. The molecule has 0 radical (unpaired) electrons. The minimum absolute atomic E-state index is 0.0110. The predicted molar refractivity (Wildman–Crippen MR) is 40.0 cm³/mol. The number of hydrogen-bond donors (Lipinski definition) is 1. The number of alkyl halides is 1. The maximum Gasteiger partial charge on any atom is 0.424 e. The minimum atomic E-state index is -0.420. The molecule has 0 saturated carbocycles. The van der Waals surface area contributed by atoms with Crippen LogP contribution in [0.25, 0.3) is 0 Å². The zero-order valence-electron chi connectivity index (χ0n) is 4.71. The number of amides is 1. The topological polar surface area (TPSA) is 55.6 Å². The molecule has 5 heteroatoms. The molecule has 1 rings (SSSR count). The summed E-state index contributed by atoms with van der Waals surface area (Å²) in [6.07, 6.45) is -0.431. The lowest BCUT2D eigenvalue weighted by atomic mass is 10.4. The molecule has 1 unspecified atom stereocenters. The molecule has 1 saturated heterocycles. The van der Waals surface area contributed by atoms with Gasteiger partial charge >= 0.3 is 6.09 Å². The summed E-state index contributed by atoms with van der Waals surface area (Å²) >= 11 is 2.15. The summed E-state index contributed by atoms with van der Waals surface area (Å²) in [5, 5.41) is 1.09. The number of hydrazine groups is 1. The molecule has 9 heavy (non-hydrogen) atoms. The van der Waals surface area contributed by atoms with E-state index in [2.05, 4.69) is 22.6 Å². The molecule has 1 atom stereocenters. The van der Waals surface area contributed by atoms with Gasteiger partial charge in [-0.15, -0.1) is 0 Å². The van der Waals surface area contributed by atoms with Crippen molar-refractivity contribution in [2.24, 2.45) is 5.84 Å². The molecule has 1 aliphatic rings. The first-order valence-electron chi connectivity index (χ1n) is 2.53. The van der Waals surface area contributed by atoms with E-state index in [0.717, 1.165) is 9.44 Å². The molecule has 0 aromatic heterocycles. The van der Waals surface area contributed by atoms with E-state index in [0.29, 0.717) is 6.54 Å². The smallest absolute Gasteiger partial charge is 0.424 e. The van der Waals surface area contributed by atoms with E-state index in [1.54, 1.807) is 0 Å².